The van der Waals surface area contributed by atoms with Crippen molar-refractivity contribution in [3.63, 3.8) is 0 Å². The fourth-order valence-electron chi connectivity index (χ4n) is 2.29. The number of hydrogen-bond donors (Lipinski definition) is 1. The van der Waals surface area contributed by atoms with E-state index in [1.54, 1.807) is 20.5 Å². The second-order valence-electron chi connectivity index (χ2n) is 4.42. The highest BCUT2D eigenvalue weighted by molar-refractivity contribution is 5.83. The van der Waals surface area contributed by atoms with Crippen molar-refractivity contribution in [2.45, 2.75) is 13.3 Å². The number of aryl methyl sites for hydroxylation is 1. The smallest absolute Gasteiger partial charge is 0.163 e. The Morgan fingerprint density at radius 3 is 2.65 bits per heavy atom. The van der Waals surface area contributed by atoms with Crippen LogP contribution in [0.15, 0.2) is 28.9 Å². The molecule has 0 atom stereocenters. The molecule has 0 unspecified atom stereocenters. The summed E-state index contributed by atoms with van der Waals surface area (Å²) >= 11 is 0. The lowest BCUT2D eigenvalue weighted by Gasteiger charge is -2.06. The summed E-state index contributed by atoms with van der Waals surface area (Å²) in [7, 11) is 3.23. The van der Waals surface area contributed by atoms with Gasteiger partial charge in [0, 0.05) is 18.6 Å². The summed E-state index contributed by atoms with van der Waals surface area (Å²) in [5, 5.41) is 0. The number of fused-ring (bicyclic) bond motifs is 1. The average molecular weight is 272 g/mol. The van der Waals surface area contributed by atoms with Crippen molar-refractivity contribution < 1.29 is 13.9 Å². The Kier molecular flexibility index (Phi) is 3.10. The van der Waals surface area contributed by atoms with Crippen LogP contribution in [-0.2, 0) is 6.42 Å². The monoisotopic (exact) mass is 272 g/mol. The zero-order chi connectivity index (χ0) is 14.1. The zero-order valence-electron chi connectivity index (χ0n) is 11.7. The molecule has 0 radical (unpaired) electrons. The van der Waals surface area contributed by atoms with Gasteiger partial charge in [0.05, 0.1) is 37.1 Å². The lowest BCUT2D eigenvalue weighted by molar-refractivity contribution is 0.356. The Balaban J connectivity index is 2.15. The molecule has 2 heterocycles. The largest absolute Gasteiger partial charge is 0.493 e. The quantitative estimate of drug-likeness (QED) is 0.790. The van der Waals surface area contributed by atoms with Gasteiger partial charge in [-0.2, -0.15) is 0 Å². The Bertz CT molecular complexity index is 702. The minimum absolute atomic E-state index is 0.668. The number of aromatic nitrogens is 2. The van der Waals surface area contributed by atoms with Gasteiger partial charge in [-0.3, -0.25) is 0 Å². The van der Waals surface area contributed by atoms with Gasteiger partial charge in [0.1, 0.15) is 11.6 Å². The molecule has 0 fully saturated rings. The second kappa shape index (κ2) is 4.92. The Morgan fingerprint density at radius 2 is 1.95 bits per heavy atom. The minimum Gasteiger partial charge on any atom is -0.493 e. The number of furan rings is 1. The van der Waals surface area contributed by atoms with Gasteiger partial charge in [-0.1, -0.05) is 6.92 Å². The molecule has 0 saturated heterocycles. The van der Waals surface area contributed by atoms with Crippen LogP contribution in [0.25, 0.3) is 22.4 Å². The molecule has 0 aliphatic carbocycles. The van der Waals surface area contributed by atoms with Crippen molar-refractivity contribution in [1.82, 2.24) is 9.97 Å². The highest BCUT2D eigenvalue weighted by atomic mass is 16.5. The van der Waals surface area contributed by atoms with E-state index in [-0.39, 0.29) is 0 Å². The van der Waals surface area contributed by atoms with E-state index in [1.165, 1.54) is 0 Å². The lowest BCUT2D eigenvalue weighted by Crippen LogP contribution is -1.89. The van der Waals surface area contributed by atoms with Crippen molar-refractivity contribution in [1.29, 1.82) is 0 Å². The molecule has 0 amide bonds. The van der Waals surface area contributed by atoms with E-state index in [1.807, 2.05) is 18.2 Å². The van der Waals surface area contributed by atoms with Crippen LogP contribution < -0.4 is 9.47 Å². The fourth-order valence-corrected chi connectivity index (χ4v) is 2.29. The van der Waals surface area contributed by atoms with Crippen molar-refractivity contribution in [2.24, 2.45) is 0 Å². The first-order chi connectivity index (χ1) is 9.76. The summed E-state index contributed by atoms with van der Waals surface area (Å²) in [6.45, 7) is 2.05. The molecule has 1 N–H and O–H groups in total. The van der Waals surface area contributed by atoms with Gasteiger partial charge in [0.15, 0.2) is 11.5 Å². The number of nitrogens with one attached hydrogen (secondary N) is 1. The maximum absolute atomic E-state index is 5.44. The molecule has 3 aromatic rings. The molecule has 2 aromatic heterocycles. The molecule has 0 spiro atoms. The number of ether oxygens (including phenoxy) is 2. The molecule has 5 nitrogen and oxygen atoms in total. The molecule has 1 aromatic carbocycles. The van der Waals surface area contributed by atoms with Crippen LogP contribution in [0.4, 0.5) is 0 Å². The third kappa shape index (κ3) is 1.91. The molecule has 3 rings (SSSR count). The van der Waals surface area contributed by atoms with E-state index < -0.39 is 0 Å². The summed E-state index contributed by atoms with van der Waals surface area (Å²) in [4.78, 5) is 7.89. The van der Waals surface area contributed by atoms with Crippen molar-refractivity contribution in [3.8, 4) is 22.9 Å². The molecule has 0 aliphatic rings. The van der Waals surface area contributed by atoms with Gasteiger partial charge < -0.3 is 18.9 Å². The SMILES string of the molecule is CCc1occc1-c1nc2cc(OC)c(OC)cc2[nH]1. The summed E-state index contributed by atoms with van der Waals surface area (Å²) in [6, 6.07) is 5.67. The van der Waals surface area contributed by atoms with Crippen molar-refractivity contribution in [3.05, 3.63) is 30.2 Å². The molecule has 0 saturated carbocycles. The van der Waals surface area contributed by atoms with Crippen LogP contribution in [0, 0.1) is 0 Å². The molecule has 5 heteroatoms. The van der Waals surface area contributed by atoms with Gasteiger partial charge in [0.2, 0.25) is 0 Å². The van der Waals surface area contributed by atoms with E-state index >= 15 is 0 Å². The van der Waals surface area contributed by atoms with Gasteiger partial charge in [-0.25, -0.2) is 4.98 Å². The maximum atomic E-state index is 5.44. The summed E-state index contributed by atoms with van der Waals surface area (Å²) in [5.74, 6) is 3.06. The van der Waals surface area contributed by atoms with Gasteiger partial charge in [0.25, 0.3) is 0 Å². The highest BCUT2D eigenvalue weighted by Gasteiger charge is 2.14. The van der Waals surface area contributed by atoms with Crippen LogP contribution in [0.1, 0.15) is 12.7 Å². The highest BCUT2D eigenvalue weighted by Crippen LogP contribution is 2.33. The average Bonchev–Trinajstić information content (AvgIpc) is 3.10. The van der Waals surface area contributed by atoms with Crippen LogP contribution >= 0.6 is 0 Å². The molecule has 0 aliphatic heterocycles. The standard InChI is InChI=1S/C15H16N2O3/c1-4-12-9(5-6-20-12)15-16-10-7-13(18-2)14(19-3)8-11(10)17-15/h5-8H,4H2,1-3H3,(H,16,17). The van der Waals surface area contributed by atoms with E-state index in [0.29, 0.717) is 11.5 Å². The Morgan fingerprint density at radius 1 is 1.20 bits per heavy atom. The number of aromatic amines is 1. The summed E-state index contributed by atoms with van der Waals surface area (Å²) in [6.07, 6.45) is 2.51. The van der Waals surface area contributed by atoms with E-state index in [2.05, 4.69) is 16.9 Å². The van der Waals surface area contributed by atoms with Gasteiger partial charge >= 0.3 is 0 Å². The first-order valence-corrected chi connectivity index (χ1v) is 6.45. The van der Waals surface area contributed by atoms with E-state index in [4.69, 9.17) is 13.9 Å². The second-order valence-corrected chi connectivity index (χ2v) is 4.42. The number of benzene rings is 1. The number of imidazole rings is 1. The molecule has 0 bridgehead atoms. The van der Waals surface area contributed by atoms with Crippen LogP contribution in [-0.4, -0.2) is 24.2 Å². The summed E-state index contributed by atoms with van der Waals surface area (Å²) in [5.41, 5.74) is 2.73. The minimum atomic E-state index is 0.668. The van der Waals surface area contributed by atoms with Gasteiger partial charge in [-0.15, -0.1) is 0 Å². The number of hydrogen-bond acceptors (Lipinski definition) is 4. The van der Waals surface area contributed by atoms with Crippen molar-refractivity contribution >= 4 is 11.0 Å². The predicted molar refractivity (Wildman–Crippen MR) is 76.3 cm³/mol. The first kappa shape index (κ1) is 12.6. The molecular formula is C15H16N2O3. The molecule has 20 heavy (non-hydrogen) atoms. The van der Waals surface area contributed by atoms with E-state index in [9.17, 15) is 0 Å². The Labute approximate surface area is 116 Å². The lowest BCUT2D eigenvalue weighted by atomic mass is 10.2. The number of methoxy groups -OCH3 is 2. The van der Waals surface area contributed by atoms with E-state index in [0.717, 1.165) is 34.6 Å². The Hall–Kier alpha value is -2.43. The number of rotatable bonds is 4. The fraction of sp³-hybridized carbons (Fsp3) is 0.267. The third-order valence-electron chi connectivity index (χ3n) is 3.31. The maximum Gasteiger partial charge on any atom is 0.163 e. The van der Waals surface area contributed by atoms with Crippen LogP contribution in [0.5, 0.6) is 11.5 Å². The third-order valence-corrected chi connectivity index (χ3v) is 3.31. The normalized spacial score (nSPS) is 10.9. The number of nitrogens with zero attached hydrogens (tertiary/aromatic N) is 1. The molecule has 104 valence electrons. The first-order valence-electron chi connectivity index (χ1n) is 6.45. The predicted octanol–water partition coefficient (Wildman–Crippen LogP) is 3.40. The summed E-state index contributed by atoms with van der Waals surface area (Å²) < 4.78 is 16.0. The molecular weight excluding hydrogens is 256 g/mol. The zero-order valence-corrected chi connectivity index (χ0v) is 11.7. The number of H-pyrrole nitrogens is 1. The topological polar surface area (TPSA) is 60.3 Å². The van der Waals surface area contributed by atoms with Crippen molar-refractivity contribution in [2.75, 3.05) is 14.2 Å². The van der Waals surface area contributed by atoms with Crippen LogP contribution in [0.2, 0.25) is 0 Å². The van der Waals surface area contributed by atoms with Crippen LogP contribution in [0.3, 0.4) is 0 Å². The van der Waals surface area contributed by atoms with Gasteiger partial charge in [-0.05, 0) is 6.07 Å².